The van der Waals surface area contributed by atoms with Crippen LogP contribution in [0.4, 0.5) is 4.39 Å². The van der Waals surface area contributed by atoms with Crippen LogP contribution < -0.4 is 10.5 Å². The van der Waals surface area contributed by atoms with Gasteiger partial charge in [-0.1, -0.05) is 39.8 Å². The minimum Gasteiger partial charge on any atom is -0.494 e. The molecular formula is C16H26FNO. The van der Waals surface area contributed by atoms with Crippen LogP contribution >= 0.6 is 0 Å². The number of halogens is 1. The van der Waals surface area contributed by atoms with Gasteiger partial charge in [-0.25, -0.2) is 4.39 Å². The third-order valence-electron chi connectivity index (χ3n) is 3.23. The Kier molecular flexibility index (Phi) is 5.36. The molecule has 1 rings (SSSR count). The molecule has 0 bridgehead atoms. The van der Waals surface area contributed by atoms with Crippen LogP contribution in [0, 0.1) is 17.2 Å². The Morgan fingerprint density at radius 1 is 1.32 bits per heavy atom. The van der Waals surface area contributed by atoms with Crippen molar-refractivity contribution in [1.29, 1.82) is 0 Å². The molecule has 0 fully saturated rings. The average Bonchev–Trinajstić information content (AvgIpc) is 2.26. The molecular weight excluding hydrogens is 241 g/mol. The zero-order valence-corrected chi connectivity index (χ0v) is 12.7. The maximum atomic E-state index is 14.1. The summed E-state index contributed by atoms with van der Waals surface area (Å²) in [6, 6.07) is 4.86. The van der Waals surface area contributed by atoms with E-state index in [1.807, 2.05) is 0 Å². The van der Waals surface area contributed by atoms with Gasteiger partial charge >= 0.3 is 0 Å². The molecule has 0 saturated carbocycles. The first-order valence-corrected chi connectivity index (χ1v) is 6.82. The van der Waals surface area contributed by atoms with Crippen LogP contribution in [0.1, 0.15) is 52.1 Å². The average molecular weight is 267 g/mol. The van der Waals surface area contributed by atoms with Gasteiger partial charge in [-0.05, 0) is 30.2 Å². The summed E-state index contributed by atoms with van der Waals surface area (Å²) in [4.78, 5) is 0. The van der Waals surface area contributed by atoms with Crippen molar-refractivity contribution in [3.05, 3.63) is 29.6 Å². The molecule has 2 unspecified atom stereocenters. The summed E-state index contributed by atoms with van der Waals surface area (Å²) < 4.78 is 19.1. The van der Waals surface area contributed by atoms with E-state index in [9.17, 15) is 4.39 Å². The molecule has 2 atom stereocenters. The molecule has 2 nitrogen and oxygen atoms in total. The van der Waals surface area contributed by atoms with E-state index in [1.165, 1.54) is 7.11 Å². The van der Waals surface area contributed by atoms with Gasteiger partial charge in [-0.3, -0.25) is 0 Å². The first kappa shape index (κ1) is 16.0. The standard InChI is InChI=1S/C16H26FNO/c1-11(10-16(2,3)4)9-13(18)12-7-6-8-14(19-5)15(12)17/h6-8,11,13H,9-10,18H2,1-5H3. The summed E-state index contributed by atoms with van der Waals surface area (Å²) in [7, 11) is 1.47. The van der Waals surface area contributed by atoms with Crippen molar-refractivity contribution in [3.63, 3.8) is 0 Å². The highest BCUT2D eigenvalue weighted by Crippen LogP contribution is 2.31. The van der Waals surface area contributed by atoms with Crippen LogP contribution in [-0.4, -0.2) is 7.11 Å². The number of nitrogens with two attached hydrogens (primary N) is 1. The first-order chi connectivity index (χ1) is 8.74. The van der Waals surface area contributed by atoms with E-state index in [2.05, 4.69) is 27.7 Å². The van der Waals surface area contributed by atoms with Crippen LogP contribution in [0.25, 0.3) is 0 Å². The molecule has 0 aliphatic rings. The Bertz CT molecular complexity index is 412. The van der Waals surface area contributed by atoms with Crippen molar-refractivity contribution in [2.75, 3.05) is 7.11 Å². The number of methoxy groups -OCH3 is 1. The second-order valence-electron chi connectivity index (χ2n) is 6.58. The molecule has 1 aromatic rings. The molecule has 0 aliphatic carbocycles. The van der Waals surface area contributed by atoms with Crippen LogP contribution in [0.15, 0.2) is 18.2 Å². The summed E-state index contributed by atoms with van der Waals surface area (Å²) in [6.07, 6.45) is 1.85. The summed E-state index contributed by atoms with van der Waals surface area (Å²) >= 11 is 0. The fourth-order valence-corrected chi connectivity index (χ4v) is 2.66. The minimum atomic E-state index is -0.333. The van der Waals surface area contributed by atoms with Gasteiger partial charge in [0.15, 0.2) is 11.6 Å². The minimum absolute atomic E-state index is 0.261. The Morgan fingerprint density at radius 2 is 1.95 bits per heavy atom. The molecule has 2 N–H and O–H groups in total. The highest BCUT2D eigenvalue weighted by atomic mass is 19.1. The highest BCUT2D eigenvalue weighted by molar-refractivity contribution is 5.32. The van der Waals surface area contributed by atoms with E-state index < -0.39 is 0 Å². The van der Waals surface area contributed by atoms with E-state index in [4.69, 9.17) is 10.5 Å². The molecule has 0 aliphatic heterocycles. The molecule has 108 valence electrons. The lowest BCUT2D eigenvalue weighted by molar-refractivity contribution is 0.284. The second-order valence-corrected chi connectivity index (χ2v) is 6.58. The zero-order valence-electron chi connectivity index (χ0n) is 12.7. The molecule has 0 spiro atoms. The third-order valence-corrected chi connectivity index (χ3v) is 3.23. The fraction of sp³-hybridized carbons (Fsp3) is 0.625. The van der Waals surface area contributed by atoms with Crippen LogP contribution in [0.5, 0.6) is 5.75 Å². The van der Waals surface area contributed by atoms with E-state index in [-0.39, 0.29) is 23.0 Å². The van der Waals surface area contributed by atoms with Crippen molar-refractivity contribution in [2.24, 2.45) is 17.1 Å². The lowest BCUT2D eigenvalue weighted by Crippen LogP contribution is -2.19. The number of hydrogen-bond donors (Lipinski definition) is 1. The van der Waals surface area contributed by atoms with Gasteiger partial charge in [-0.2, -0.15) is 0 Å². The van der Waals surface area contributed by atoms with Gasteiger partial charge in [0, 0.05) is 11.6 Å². The van der Waals surface area contributed by atoms with Crippen LogP contribution in [-0.2, 0) is 0 Å². The van der Waals surface area contributed by atoms with Gasteiger partial charge in [0.05, 0.1) is 7.11 Å². The van der Waals surface area contributed by atoms with Gasteiger partial charge in [0.25, 0.3) is 0 Å². The maximum Gasteiger partial charge on any atom is 0.169 e. The van der Waals surface area contributed by atoms with Gasteiger partial charge in [0.1, 0.15) is 0 Å². The number of hydrogen-bond acceptors (Lipinski definition) is 2. The van der Waals surface area contributed by atoms with Gasteiger partial charge in [-0.15, -0.1) is 0 Å². The van der Waals surface area contributed by atoms with E-state index in [1.54, 1.807) is 18.2 Å². The topological polar surface area (TPSA) is 35.2 Å². The number of benzene rings is 1. The Balaban J connectivity index is 2.76. The summed E-state index contributed by atoms with van der Waals surface area (Å²) in [5, 5.41) is 0. The molecule has 0 heterocycles. The smallest absolute Gasteiger partial charge is 0.169 e. The Hall–Kier alpha value is -1.09. The van der Waals surface area contributed by atoms with E-state index in [0.717, 1.165) is 12.8 Å². The molecule has 19 heavy (non-hydrogen) atoms. The van der Waals surface area contributed by atoms with Gasteiger partial charge in [0.2, 0.25) is 0 Å². The third kappa shape index (κ3) is 4.83. The van der Waals surface area contributed by atoms with Gasteiger partial charge < -0.3 is 10.5 Å². The summed E-state index contributed by atoms with van der Waals surface area (Å²) in [5.74, 6) is 0.387. The highest BCUT2D eigenvalue weighted by Gasteiger charge is 2.20. The van der Waals surface area contributed by atoms with Crippen molar-refractivity contribution < 1.29 is 9.13 Å². The normalized spacial score (nSPS) is 15.1. The summed E-state index contributed by atoms with van der Waals surface area (Å²) in [6.45, 7) is 8.80. The molecule has 3 heteroatoms. The van der Waals surface area contributed by atoms with Crippen molar-refractivity contribution in [1.82, 2.24) is 0 Å². The number of ether oxygens (including phenoxy) is 1. The van der Waals surface area contributed by atoms with Crippen molar-refractivity contribution >= 4 is 0 Å². The summed E-state index contributed by atoms with van der Waals surface area (Å²) in [5.41, 5.74) is 6.96. The molecule has 0 radical (unpaired) electrons. The maximum absolute atomic E-state index is 14.1. The predicted molar refractivity (Wildman–Crippen MR) is 77.7 cm³/mol. The fourth-order valence-electron chi connectivity index (χ4n) is 2.66. The SMILES string of the molecule is COc1cccc(C(N)CC(C)CC(C)(C)C)c1F. The van der Waals surface area contributed by atoms with Crippen LogP contribution in [0.3, 0.4) is 0 Å². The van der Waals surface area contributed by atoms with Crippen molar-refractivity contribution in [2.45, 2.75) is 46.6 Å². The zero-order chi connectivity index (χ0) is 14.6. The Morgan fingerprint density at radius 3 is 2.47 bits per heavy atom. The molecule has 0 aromatic heterocycles. The lowest BCUT2D eigenvalue weighted by atomic mass is 9.82. The second kappa shape index (κ2) is 6.38. The van der Waals surface area contributed by atoms with E-state index >= 15 is 0 Å². The molecule has 0 amide bonds. The molecule has 1 aromatic carbocycles. The predicted octanol–water partition coefficient (Wildman–Crippen LogP) is 4.30. The monoisotopic (exact) mass is 267 g/mol. The first-order valence-electron chi connectivity index (χ1n) is 6.82. The quantitative estimate of drug-likeness (QED) is 0.863. The Labute approximate surface area is 116 Å². The molecule has 0 saturated heterocycles. The lowest BCUT2D eigenvalue weighted by Gasteiger charge is -2.25. The van der Waals surface area contributed by atoms with Crippen molar-refractivity contribution in [3.8, 4) is 5.75 Å². The number of rotatable bonds is 5. The van der Waals surface area contributed by atoms with Crippen LogP contribution in [0.2, 0.25) is 0 Å². The largest absolute Gasteiger partial charge is 0.494 e. The van der Waals surface area contributed by atoms with E-state index in [0.29, 0.717) is 11.5 Å².